The fourth-order valence-corrected chi connectivity index (χ4v) is 0.887. The van der Waals surface area contributed by atoms with Crippen molar-refractivity contribution in [2.75, 3.05) is 0 Å². The van der Waals surface area contributed by atoms with Crippen LogP contribution in [0.15, 0.2) is 25.5 Å². The Morgan fingerprint density at radius 3 is 2.58 bits per heavy atom. The van der Waals surface area contributed by atoms with Crippen LogP contribution >= 0.6 is 0 Å². The summed E-state index contributed by atoms with van der Waals surface area (Å²) in [6.07, 6.45) is 7.62. The lowest BCUT2D eigenvalue weighted by Gasteiger charge is -1.97. The molecule has 12 heavy (non-hydrogen) atoms. The zero-order valence-electron chi connectivity index (χ0n) is 7.42. The van der Waals surface area contributed by atoms with Gasteiger partial charge in [-0.25, -0.2) is 0 Å². The molecule has 0 aromatic heterocycles. The molecule has 0 amide bonds. The fraction of sp³-hybridized carbons (Fsp3) is 0.500. The van der Waals surface area contributed by atoms with Crippen molar-refractivity contribution in [1.82, 2.24) is 0 Å². The number of unbranched alkanes of at least 4 members (excludes halogenated alkanes) is 3. The summed E-state index contributed by atoms with van der Waals surface area (Å²) < 4.78 is 4.55. The second kappa shape index (κ2) is 8.05. The Morgan fingerprint density at radius 1 is 1.25 bits per heavy atom. The second-order valence-corrected chi connectivity index (χ2v) is 2.54. The van der Waals surface area contributed by atoms with Gasteiger partial charge in [0.1, 0.15) is 0 Å². The first kappa shape index (κ1) is 11.0. The van der Waals surface area contributed by atoms with Crippen molar-refractivity contribution in [3.05, 3.63) is 25.5 Å². The lowest BCUT2D eigenvalue weighted by Crippen LogP contribution is -1.98. The second-order valence-electron chi connectivity index (χ2n) is 2.54. The molecule has 0 aliphatic carbocycles. The molecule has 0 aliphatic rings. The lowest BCUT2D eigenvalue weighted by atomic mass is 10.1. The standard InChI is InChI=1S/C10H16O2/c1-3-5-6-7-8-9-10(11)12-4-2/h3-4H,1-2,5-9H2. The molecule has 0 radical (unpaired) electrons. The molecule has 0 saturated heterocycles. The summed E-state index contributed by atoms with van der Waals surface area (Å²) in [5.74, 6) is -0.191. The molecule has 0 unspecified atom stereocenters. The van der Waals surface area contributed by atoms with Crippen molar-refractivity contribution >= 4 is 5.97 Å². The van der Waals surface area contributed by atoms with Gasteiger partial charge in [0, 0.05) is 6.42 Å². The smallest absolute Gasteiger partial charge is 0.310 e. The molecule has 0 aromatic carbocycles. The summed E-state index contributed by atoms with van der Waals surface area (Å²) in [6, 6.07) is 0. The Kier molecular flexibility index (Phi) is 7.35. The van der Waals surface area contributed by atoms with Gasteiger partial charge in [-0.15, -0.1) is 6.58 Å². The van der Waals surface area contributed by atoms with Crippen molar-refractivity contribution in [3.63, 3.8) is 0 Å². The van der Waals surface area contributed by atoms with Gasteiger partial charge < -0.3 is 4.74 Å². The Morgan fingerprint density at radius 2 is 2.00 bits per heavy atom. The summed E-state index contributed by atoms with van der Waals surface area (Å²) in [5.41, 5.74) is 0. The zero-order valence-corrected chi connectivity index (χ0v) is 7.42. The van der Waals surface area contributed by atoms with Gasteiger partial charge in [-0.2, -0.15) is 0 Å². The summed E-state index contributed by atoms with van der Waals surface area (Å²) in [6.45, 7) is 6.92. The van der Waals surface area contributed by atoms with Crippen molar-refractivity contribution in [1.29, 1.82) is 0 Å². The third-order valence-corrected chi connectivity index (χ3v) is 1.50. The summed E-state index contributed by atoms with van der Waals surface area (Å²) in [5, 5.41) is 0. The lowest BCUT2D eigenvalue weighted by molar-refractivity contribution is -0.138. The molecule has 0 aliphatic heterocycles. The molecule has 0 atom stereocenters. The van der Waals surface area contributed by atoms with E-state index in [0.717, 1.165) is 25.7 Å². The number of hydrogen-bond donors (Lipinski definition) is 0. The van der Waals surface area contributed by atoms with Gasteiger partial charge in [0.15, 0.2) is 0 Å². The molecule has 0 rings (SSSR count). The van der Waals surface area contributed by atoms with E-state index in [-0.39, 0.29) is 5.97 Å². The predicted octanol–water partition coefficient (Wildman–Crippen LogP) is 2.81. The highest BCUT2D eigenvalue weighted by Gasteiger charge is 1.98. The van der Waals surface area contributed by atoms with E-state index in [2.05, 4.69) is 17.9 Å². The van der Waals surface area contributed by atoms with Crippen molar-refractivity contribution in [3.8, 4) is 0 Å². The average Bonchev–Trinajstić information content (AvgIpc) is 2.05. The van der Waals surface area contributed by atoms with Crippen LogP contribution in [0.25, 0.3) is 0 Å². The molecule has 0 aromatic rings. The van der Waals surface area contributed by atoms with E-state index in [1.165, 1.54) is 6.26 Å². The minimum atomic E-state index is -0.191. The van der Waals surface area contributed by atoms with E-state index in [0.29, 0.717) is 6.42 Å². The molecule has 0 bridgehead atoms. The highest BCUT2D eigenvalue weighted by Crippen LogP contribution is 2.04. The molecule has 0 spiro atoms. The van der Waals surface area contributed by atoms with Gasteiger partial charge >= 0.3 is 5.97 Å². The number of rotatable bonds is 7. The summed E-state index contributed by atoms with van der Waals surface area (Å²) in [7, 11) is 0. The maximum absolute atomic E-state index is 10.8. The first-order valence-corrected chi connectivity index (χ1v) is 4.22. The SMILES string of the molecule is C=CCCCCCC(=O)OC=C. The fourth-order valence-electron chi connectivity index (χ4n) is 0.887. The first-order valence-electron chi connectivity index (χ1n) is 4.22. The quantitative estimate of drug-likeness (QED) is 0.253. The topological polar surface area (TPSA) is 26.3 Å². The van der Waals surface area contributed by atoms with E-state index >= 15 is 0 Å². The van der Waals surface area contributed by atoms with Crippen LogP contribution in [0.1, 0.15) is 32.1 Å². The van der Waals surface area contributed by atoms with E-state index in [1.54, 1.807) is 0 Å². The Hall–Kier alpha value is -1.05. The van der Waals surface area contributed by atoms with E-state index < -0.39 is 0 Å². The summed E-state index contributed by atoms with van der Waals surface area (Å²) >= 11 is 0. The first-order chi connectivity index (χ1) is 5.81. The molecule has 2 nitrogen and oxygen atoms in total. The van der Waals surface area contributed by atoms with E-state index in [9.17, 15) is 4.79 Å². The normalized spacial score (nSPS) is 9.00. The minimum Gasteiger partial charge on any atom is -0.435 e. The number of carbonyl (C=O) groups is 1. The molecular formula is C10H16O2. The molecular weight excluding hydrogens is 152 g/mol. The number of ether oxygens (including phenoxy) is 1. The largest absolute Gasteiger partial charge is 0.435 e. The Labute approximate surface area is 73.9 Å². The van der Waals surface area contributed by atoms with Crippen LogP contribution in [0.3, 0.4) is 0 Å². The molecule has 0 N–H and O–H groups in total. The number of hydrogen-bond acceptors (Lipinski definition) is 2. The molecule has 0 fully saturated rings. The van der Waals surface area contributed by atoms with Crippen LogP contribution in [-0.2, 0) is 9.53 Å². The maximum atomic E-state index is 10.8. The highest BCUT2D eigenvalue weighted by atomic mass is 16.5. The van der Waals surface area contributed by atoms with Gasteiger partial charge in [0.25, 0.3) is 0 Å². The van der Waals surface area contributed by atoms with Gasteiger partial charge in [0.2, 0.25) is 0 Å². The molecule has 0 saturated carbocycles. The van der Waals surface area contributed by atoms with Gasteiger partial charge in [-0.1, -0.05) is 19.1 Å². The van der Waals surface area contributed by atoms with Crippen LogP contribution < -0.4 is 0 Å². The molecule has 2 heteroatoms. The van der Waals surface area contributed by atoms with E-state index in [1.807, 2.05) is 6.08 Å². The van der Waals surface area contributed by atoms with E-state index in [4.69, 9.17) is 0 Å². The Bertz CT molecular complexity index is 150. The third kappa shape index (κ3) is 7.06. The minimum absolute atomic E-state index is 0.191. The zero-order chi connectivity index (χ0) is 9.23. The third-order valence-electron chi connectivity index (χ3n) is 1.50. The van der Waals surface area contributed by atoms with Gasteiger partial charge in [-0.3, -0.25) is 4.79 Å². The highest BCUT2D eigenvalue weighted by molar-refractivity contribution is 5.69. The van der Waals surface area contributed by atoms with Crippen molar-refractivity contribution < 1.29 is 9.53 Å². The maximum Gasteiger partial charge on any atom is 0.310 e. The Balaban J connectivity index is 3.13. The monoisotopic (exact) mass is 168 g/mol. The number of allylic oxidation sites excluding steroid dienone is 1. The summed E-state index contributed by atoms with van der Waals surface area (Å²) in [4.78, 5) is 10.8. The number of esters is 1. The molecule has 0 heterocycles. The van der Waals surface area contributed by atoms with Crippen LogP contribution in [0, 0.1) is 0 Å². The average molecular weight is 168 g/mol. The number of carbonyl (C=O) groups excluding carboxylic acids is 1. The van der Waals surface area contributed by atoms with Crippen LogP contribution in [-0.4, -0.2) is 5.97 Å². The van der Waals surface area contributed by atoms with Gasteiger partial charge in [-0.05, 0) is 19.3 Å². The predicted molar refractivity (Wildman–Crippen MR) is 49.6 cm³/mol. The van der Waals surface area contributed by atoms with Crippen LogP contribution in [0.2, 0.25) is 0 Å². The van der Waals surface area contributed by atoms with Crippen molar-refractivity contribution in [2.24, 2.45) is 0 Å². The molecule has 68 valence electrons. The van der Waals surface area contributed by atoms with Gasteiger partial charge in [0.05, 0.1) is 6.26 Å². The van der Waals surface area contributed by atoms with Crippen LogP contribution in [0.5, 0.6) is 0 Å². The van der Waals surface area contributed by atoms with Crippen LogP contribution in [0.4, 0.5) is 0 Å². The van der Waals surface area contributed by atoms with Crippen molar-refractivity contribution in [2.45, 2.75) is 32.1 Å².